The average Bonchev–Trinajstić information content (AvgIpc) is 3.15. The zero-order chi connectivity index (χ0) is 26.3. The van der Waals surface area contributed by atoms with Crippen molar-refractivity contribution < 1.29 is 26.4 Å². The summed E-state index contributed by atoms with van der Waals surface area (Å²) < 4.78 is 67.7. The number of rotatable bonds is 4. The van der Waals surface area contributed by atoms with Gasteiger partial charge in [-0.25, -0.2) is 17.9 Å². The van der Waals surface area contributed by atoms with Crippen molar-refractivity contribution in [3.63, 3.8) is 0 Å². The maximum atomic E-state index is 14.2. The summed E-state index contributed by atoms with van der Waals surface area (Å²) in [7, 11) is -2.06. The van der Waals surface area contributed by atoms with Crippen molar-refractivity contribution in [2.75, 3.05) is 30.0 Å². The second-order valence-corrected chi connectivity index (χ2v) is 12.5. The summed E-state index contributed by atoms with van der Waals surface area (Å²) in [5.74, 6) is -2.33. The number of nitrogens with zero attached hydrogens (tertiary/aromatic N) is 5. The van der Waals surface area contributed by atoms with E-state index in [0.29, 0.717) is 23.0 Å². The third kappa shape index (κ3) is 4.14. The maximum Gasteiger partial charge on any atom is 0.413 e. The van der Waals surface area contributed by atoms with Crippen molar-refractivity contribution in [1.82, 2.24) is 19.5 Å². The molecule has 2 aliphatic heterocycles. The molecular formula is C24H23ClF3N5O3S. The van der Waals surface area contributed by atoms with Crippen LogP contribution in [0.1, 0.15) is 23.7 Å². The number of alkyl halides is 3. The van der Waals surface area contributed by atoms with Crippen molar-refractivity contribution in [3.05, 3.63) is 52.9 Å². The molecule has 0 spiro atoms. The van der Waals surface area contributed by atoms with Crippen LogP contribution in [-0.2, 0) is 21.1 Å². The van der Waals surface area contributed by atoms with Gasteiger partial charge in [-0.2, -0.15) is 18.3 Å². The fourth-order valence-corrected chi connectivity index (χ4v) is 8.34. The van der Waals surface area contributed by atoms with Crippen LogP contribution in [0.2, 0.25) is 5.15 Å². The topological polar surface area (TPSA) is 87.9 Å². The van der Waals surface area contributed by atoms with E-state index in [9.17, 15) is 26.4 Å². The van der Waals surface area contributed by atoms with Crippen LogP contribution in [0, 0.1) is 17.8 Å². The summed E-state index contributed by atoms with van der Waals surface area (Å²) in [6, 6.07) is 5.54. The van der Waals surface area contributed by atoms with Crippen molar-refractivity contribution in [2.24, 2.45) is 17.8 Å². The van der Waals surface area contributed by atoms with Gasteiger partial charge in [0.2, 0.25) is 5.91 Å². The van der Waals surface area contributed by atoms with Gasteiger partial charge in [-0.15, -0.1) is 0 Å². The Labute approximate surface area is 215 Å². The smallest absolute Gasteiger partial charge is 0.339 e. The molecule has 1 aliphatic carbocycles. The second kappa shape index (κ2) is 8.32. The van der Waals surface area contributed by atoms with Gasteiger partial charge in [0.05, 0.1) is 29.1 Å². The molecule has 1 amide bonds. The fourth-order valence-electron chi connectivity index (χ4n) is 5.95. The van der Waals surface area contributed by atoms with E-state index in [0.717, 1.165) is 36.2 Å². The number of benzene rings is 1. The molecule has 4 heterocycles. The van der Waals surface area contributed by atoms with Gasteiger partial charge in [0.15, 0.2) is 26.7 Å². The zero-order valence-corrected chi connectivity index (χ0v) is 21.3. The first-order valence-corrected chi connectivity index (χ1v) is 14.1. The molecule has 2 fully saturated rings. The Balaban J connectivity index is 1.27. The molecule has 2 unspecified atom stereocenters. The minimum atomic E-state index is -4.70. The molecule has 1 aromatic carbocycles. The number of halogens is 4. The van der Waals surface area contributed by atoms with E-state index in [4.69, 9.17) is 11.6 Å². The van der Waals surface area contributed by atoms with E-state index in [-0.39, 0.29) is 28.9 Å². The Kier molecular flexibility index (Phi) is 5.50. The lowest BCUT2D eigenvalue weighted by molar-refractivity contribution is -0.189. The number of carbonyl (C=O) groups is 1. The van der Waals surface area contributed by atoms with Gasteiger partial charge < -0.3 is 9.80 Å². The standard InChI is InChI=1S/C24H23ClF3N5O3S/c1-31(23(34)21-15-11-37(35,36)12-16(15)21)22(24(26,27)28)13-4-6-14(7-5-13)32-8-2-3-17-18(32)10-29-20-9-19(25)30-33(17)20/h4-7,9-10,15-16,21-22H,2-3,8,11-12H2,1H3/t15?,16?,21?,22-/m0/s1. The summed E-state index contributed by atoms with van der Waals surface area (Å²) in [5, 5.41) is 4.63. The number of sulfone groups is 1. The molecule has 1 saturated heterocycles. The van der Waals surface area contributed by atoms with Gasteiger partial charge >= 0.3 is 6.18 Å². The Bertz CT molecular complexity index is 1490. The lowest BCUT2D eigenvalue weighted by atomic mass is 10.0. The van der Waals surface area contributed by atoms with E-state index < -0.39 is 33.9 Å². The monoisotopic (exact) mass is 553 g/mol. The minimum absolute atomic E-state index is 0.0600. The zero-order valence-electron chi connectivity index (χ0n) is 19.7. The molecule has 13 heteroatoms. The molecule has 3 aromatic rings. The van der Waals surface area contributed by atoms with Crippen LogP contribution in [0.4, 0.5) is 24.5 Å². The summed E-state index contributed by atoms with van der Waals surface area (Å²) >= 11 is 6.04. The van der Waals surface area contributed by atoms with E-state index in [1.54, 1.807) is 28.9 Å². The van der Waals surface area contributed by atoms with Crippen LogP contribution in [0.3, 0.4) is 0 Å². The van der Waals surface area contributed by atoms with Crippen LogP contribution >= 0.6 is 11.6 Å². The van der Waals surface area contributed by atoms with E-state index in [2.05, 4.69) is 10.1 Å². The highest BCUT2D eigenvalue weighted by Gasteiger charge is 2.63. The number of aryl methyl sites for hydroxylation is 1. The molecule has 196 valence electrons. The van der Waals surface area contributed by atoms with Crippen molar-refractivity contribution in [1.29, 1.82) is 0 Å². The van der Waals surface area contributed by atoms with Crippen molar-refractivity contribution >= 4 is 44.4 Å². The predicted molar refractivity (Wildman–Crippen MR) is 130 cm³/mol. The summed E-state index contributed by atoms with van der Waals surface area (Å²) in [5.41, 5.74) is 2.99. The first kappa shape index (κ1) is 24.5. The molecule has 8 nitrogen and oxygen atoms in total. The molecule has 3 aliphatic rings. The molecule has 6 rings (SSSR count). The van der Waals surface area contributed by atoms with Gasteiger partial charge in [0.1, 0.15) is 0 Å². The molecule has 0 radical (unpaired) electrons. The fraction of sp³-hybridized carbons (Fsp3) is 0.458. The molecule has 0 bridgehead atoms. The first-order valence-electron chi connectivity index (χ1n) is 11.9. The number of carbonyl (C=O) groups excluding carboxylic acids is 1. The third-order valence-electron chi connectivity index (χ3n) is 7.69. The lowest BCUT2D eigenvalue weighted by Gasteiger charge is -2.33. The molecule has 3 atom stereocenters. The van der Waals surface area contributed by atoms with Crippen LogP contribution < -0.4 is 4.90 Å². The molecule has 2 aromatic heterocycles. The highest BCUT2D eigenvalue weighted by Crippen LogP contribution is 2.54. The summed E-state index contributed by atoms with van der Waals surface area (Å²) in [4.78, 5) is 20.1. The number of aromatic nitrogens is 3. The number of hydrogen-bond acceptors (Lipinski definition) is 6. The molecule has 0 N–H and O–H groups in total. The third-order valence-corrected chi connectivity index (χ3v) is 9.66. The van der Waals surface area contributed by atoms with E-state index >= 15 is 0 Å². The maximum absolute atomic E-state index is 14.2. The summed E-state index contributed by atoms with van der Waals surface area (Å²) in [6.07, 6.45) is -1.41. The quantitative estimate of drug-likeness (QED) is 0.488. The van der Waals surface area contributed by atoms with Crippen LogP contribution in [0.5, 0.6) is 0 Å². The van der Waals surface area contributed by atoms with Crippen molar-refractivity contribution in [2.45, 2.75) is 25.1 Å². The van der Waals surface area contributed by atoms with Gasteiger partial charge in [0.25, 0.3) is 0 Å². The second-order valence-electron chi connectivity index (χ2n) is 10.00. The Morgan fingerprint density at radius 2 is 1.86 bits per heavy atom. The molecule has 37 heavy (non-hydrogen) atoms. The predicted octanol–water partition coefficient (Wildman–Crippen LogP) is 3.82. The van der Waals surface area contributed by atoms with Gasteiger partial charge in [-0.3, -0.25) is 4.79 Å². The van der Waals surface area contributed by atoms with Gasteiger partial charge in [-0.1, -0.05) is 23.7 Å². The first-order chi connectivity index (χ1) is 17.4. The van der Waals surface area contributed by atoms with Crippen LogP contribution in [-0.4, -0.2) is 65.1 Å². The van der Waals surface area contributed by atoms with E-state index in [1.807, 2.05) is 4.90 Å². The SMILES string of the molecule is CN(C(=O)C1C2CS(=O)(=O)CC21)[C@@H](c1ccc(N2CCCc3c2cnc2cc(Cl)nn32)cc1)C(F)(F)F. The number of fused-ring (bicyclic) bond motifs is 4. The molecule has 1 saturated carbocycles. The average molecular weight is 554 g/mol. The van der Waals surface area contributed by atoms with Crippen molar-refractivity contribution in [3.8, 4) is 0 Å². The van der Waals surface area contributed by atoms with Crippen LogP contribution in [0.25, 0.3) is 5.65 Å². The summed E-state index contributed by atoms with van der Waals surface area (Å²) in [6.45, 7) is 0.656. The number of hydrogen-bond donors (Lipinski definition) is 0. The largest absolute Gasteiger partial charge is 0.413 e. The lowest BCUT2D eigenvalue weighted by Crippen LogP contribution is -2.41. The highest BCUT2D eigenvalue weighted by atomic mass is 35.5. The number of amides is 1. The normalized spacial score (nSPS) is 25.0. The molecular weight excluding hydrogens is 531 g/mol. The number of anilines is 2. The van der Waals surface area contributed by atoms with Gasteiger partial charge in [0, 0.05) is 31.3 Å². The van der Waals surface area contributed by atoms with Crippen LogP contribution in [0.15, 0.2) is 36.5 Å². The minimum Gasteiger partial charge on any atom is -0.339 e. The highest BCUT2D eigenvalue weighted by molar-refractivity contribution is 7.91. The Morgan fingerprint density at radius 3 is 2.51 bits per heavy atom. The Hall–Kier alpha value is -2.86. The van der Waals surface area contributed by atoms with E-state index in [1.165, 1.54) is 12.1 Å². The Morgan fingerprint density at radius 1 is 1.19 bits per heavy atom. The van der Waals surface area contributed by atoms with Gasteiger partial charge in [-0.05, 0) is 42.4 Å².